The lowest BCUT2D eigenvalue weighted by molar-refractivity contribution is -0.120. The van der Waals surface area contributed by atoms with Crippen molar-refractivity contribution in [3.8, 4) is 6.07 Å². The highest BCUT2D eigenvalue weighted by atomic mass is 32.2. The molecule has 0 spiro atoms. The highest BCUT2D eigenvalue weighted by Crippen LogP contribution is 2.19. The standard InChI is InChI=1S/C13H13FN2O3S/c14-13-6-5-12(7-9(13)8-15)20(18,19)16-10-1-3-11(17)4-2-10/h5-7,10,16H,1-4H2. The van der Waals surface area contributed by atoms with Crippen LogP contribution in [0.4, 0.5) is 4.39 Å². The van der Waals surface area contributed by atoms with Gasteiger partial charge in [0.25, 0.3) is 0 Å². The molecule has 0 bridgehead atoms. The third-order valence-corrected chi connectivity index (χ3v) is 4.75. The molecule has 0 atom stereocenters. The molecule has 0 aliphatic heterocycles. The van der Waals surface area contributed by atoms with Gasteiger partial charge in [-0.25, -0.2) is 17.5 Å². The molecule has 1 fully saturated rings. The number of Topliss-reactive ketones (excluding diaryl/α,β-unsaturated/α-hetero) is 1. The molecular weight excluding hydrogens is 283 g/mol. The first kappa shape index (κ1) is 14.6. The highest BCUT2D eigenvalue weighted by Gasteiger charge is 2.25. The molecule has 1 aromatic rings. The van der Waals surface area contributed by atoms with Crippen LogP contribution in [0.15, 0.2) is 23.1 Å². The van der Waals surface area contributed by atoms with E-state index in [1.807, 2.05) is 0 Å². The molecule has 0 saturated heterocycles. The van der Waals surface area contributed by atoms with Gasteiger partial charge in [0.05, 0.1) is 10.5 Å². The Labute approximate surface area is 116 Å². The minimum absolute atomic E-state index is 0.133. The summed E-state index contributed by atoms with van der Waals surface area (Å²) in [4.78, 5) is 11.0. The molecule has 2 rings (SSSR count). The van der Waals surface area contributed by atoms with Gasteiger partial charge in [-0.2, -0.15) is 5.26 Å². The summed E-state index contributed by atoms with van der Waals surface area (Å²) < 4.78 is 39.9. The van der Waals surface area contributed by atoms with Crippen LogP contribution in [0.3, 0.4) is 0 Å². The topological polar surface area (TPSA) is 87.0 Å². The summed E-state index contributed by atoms with van der Waals surface area (Å²) in [5, 5.41) is 8.72. The number of halogens is 1. The van der Waals surface area contributed by atoms with E-state index in [1.165, 1.54) is 0 Å². The van der Waals surface area contributed by atoms with E-state index < -0.39 is 15.8 Å². The Kier molecular flexibility index (Phi) is 4.16. The van der Waals surface area contributed by atoms with Crippen molar-refractivity contribution in [2.45, 2.75) is 36.6 Å². The average Bonchev–Trinajstić information content (AvgIpc) is 2.41. The van der Waals surface area contributed by atoms with Crippen LogP contribution >= 0.6 is 0 Å². The molecule has 1 N–H and O–H groups in total. The zero-order chi connectivity index (χ0) is 14.8. The van der Waals surface area contributed by atoms with Gasteiger partial charge in [0, 0.05) is 18.9 Å². The average molecular weight is 296 g/mol. The predicted molar refractivity (Wildman–Crippen MR) is 68.7 cm³/mol. The number of hydrogen-bond acceptors (Lipinski definition) is 4. The maximum atomic E-state index is 13.2. The van der Waals surface area contributed by atoms with E-state index in [0.29, 0.717) is 25.7 Å². The Balaban J connectivity index is 2.18. The van der Waals surface area contributed by atoms with Crippen molar-refractivity contribution in [1.82, 2.24) is 4.72 Å². The largest absolute Gasteiger partial charge is 0.300 e. The highest BCUT2D eigenvalue weighted by molar-refractivity contribution is 7.89. The Morgan fingerprint density at radius 1 is 1.30 bits per heavy atom. The zero-order valence-electron chi connectivity index (χ0n) is 10.6. The van der Waals surface area contributed by atoms with Gasteiger partial charge in [0.15, 0.2) is 0 Å². The molecule has 0 aromatic heterocycles. The fourth-order valence-corrected chi connectivity index (χ4v) is 3.43. The number of sulfonamides is 1. The number of nitrogens with one attached hydrogen (secondary N) is 1. The van der Waals surface area contributed by atoms with Gasteiger partial charge in [0.2, 0.25) is 10.0 Å². The normalized spacial score (nSPS) is 16.9. The number of nitriles is 1. The molecule has 0 unspecified atom stereocenters. The number of benzene rings is 1. The van der Waals surface area contributed by atoms with E-state index in [-0.39, 0.29) is 22.3 Å². The first-order chi connectivity index (χ1) is 9.42. The van der Waals surface area contributed by atoms with Crippen molar-refractivity contribution in [1.29, 1.82) is 5.26 Å². The third-order valence-electron chi connectivity index (χ3n) is 3.23. The predicted octanol–water partition coefficient (Wildman–Crippen LogP) is 1.49. The number of carbonyl (C=O) groups is 1. The summed E-state index contributed by atoms with van der Waals surface area (Å²) in [5.74, 6) is -0.622. The lowest BCUT2D eigenvalue weighted by Gasteiger charge is -2.22. The lowest BCUT2D eigenvalue weighted by atomic mass is 9.95. The second-order valence-electron chi connectivity index (χ2n) is 4.69. The Hall–Kier alpha value is -1.78. The van der Waals surface area contributed by atoms with Crippen LogP contribution in [0.5, 0.6) is 0 Å². The Morgan fingerprint density at radius 2 is 1.95 bits per heavy atom. The number of ketones is 1. The molecule has 0 amide bonds. The molecular formula is C13H13FN2O3S. The summed E-state index contributed by atoms with van der Waals surface area (Å²) >= 11 is 0. The van der Waals surface area contributed by atoms with Crippen molar-refractivity contribution in [3.63, 3.8) is 0 Å². The van der Waals surface area contributed by atoms with Gasteiger partial charge in [-0.15, -0.1) is 0 Å². The fourth-order valence-electron chi connectivity index (χ4n) is 2.10. The summed E-state index contributed by atoms with van der Waals surface area (Å²) in [6.45, 7) is 0. The van der Waals surface area contributed by atoms with Gasteiger partial charge in [0.1, 0.15) is 17.7 Å². The minimum atomic E-state index is -3.81. The summed E-state index contributed by atoms with van der Waals surface area (Å²) in [5.41, 5.74) is -0.313. The molecule has 1 aromatic carbocycles. The number of rotatable bonds is 3. The fraction of sp³-hybridized carbons (Fsp3) is 0.385. The molecule has 7 heteroatoms. The van der Waals surface area contributed by atoms with E-state index in [1.54, 1.807) is 6.07 Å². The third kappa shape index (κ3) is 3.21. The van der Waals surface area contributed by atoms with Crippen LogP contribution in [0.25, 0.3) is 0 Å². The Morgan fingerprint density at radius 3 is 2.55 bits per heavy atom. The van der Waals surface area contributed by atoms with Crippen LogP contribution in [0, 0.1) is 17.1 Å². The van der Waals surface area contributed by atoms with Crippen molar-refractivity contribution in [2.75, 3.05) is 0 Å². The van der Waals surface area contributed by atoms with E-state index in [4.69, 9.17) is 5.26 Å². The molecule has 1 saturated carbocycles. The molecule has 0 heterocycles. The molecule has 20 heavy (non-hydrogen) atoms. The maximum Gasteiger partial charge on any atom is 0.240 e. The summed E-state index contributed by atoms with van der Waals surface area (Å²) in [7, 11) is -3.81. The van der Waals surface area contributed by atoms with E-state index in [2.05, 4.69) is 4.72 Å². The first-order valence-electron chi connectivity index (χ1n) is 6.16. The summed E-state index contributed by atoms with van der Waals surface area (Å²) in [6.07, 6.45) is 1.65. The van der Waals surface area contributed by atoms with Crippen molar-refractivity contribution in [3.05, 3.63) is 29.6 Å². The minimum Gasteiger partial charge on any atom is -0.300 e. The number of carbonyl (C=O) groups excluding carboxylic acids is 1. The first-order valence-corrected chi connectivity index (χ1v) is 7.64. The van der Waals surface area contributed by atoms with E-state index >= 15 is 0 Å². The van der Waals surface area contributed by atoms with E-state index in [0.717, 1.165) is 18.2 Å². The van der Waals surface area contributed by atoms with Crippen LogP contribution in [0.1, 0.15) is 31.2 Å². The maximum absolute atomic E-state index is 13.2. The van der Waals surface area contributed by atoms with Crippen LogP contribution < -0.4 is 4.72 Å². The van der Waals surface area contributed by atoms with Crippen LogP contribution in [-0.2, 0) is 14.8 Å². The number of hydrogen-bond donors (Lipinski definition) is 1. The smallest absolute Gasteiger partial charge is 0.240 e. The van der Waals surface area contributed by atoms with Crippen molar-refractivity contribution < 1.29 is 17.6 Å². The molecule has 0 radical (unpaired) electrons. The van der Waals surface area contributed by atoms with E-state index in [9.17, 15) is 17.6 Å². The molecule has 1 aliphatic rings. The van der Waals surface area contributed by atoms with Crippen molar-refractivity contribution in [2.24, 2.45) is 0 Å². The Bertz CT molecular complexity index is 669. The van der Waals surface area contributed by atoms with Gasteiger partial charge in [-0.05, 0) is 31.0 Å². The monoisotopic (exact) mass is 296 g/mol. The quantitative estimate of drug-likeness (QED) is 0.915. The van der Waals surface area contributed by atoms with Crippen LogP contribution in [0.2, 0.25) is 0 Å². The van der Waals surface area contributed by atoms with Gasteiger partial charge < -0.3 is 0 Å². The molecule has 106 valence electrons. The van der Waals surface area contributed by atoms with Crippen LogP contribution in [-0.4, -0.2) is 20.2 Å². The van der Waals surface area contributed by atoms with Gasteiger partial charge in [-0.1, -0.05) is 0 Å². The molecule has 5 nitrogen and oxygen atoms in total. The lowest BCUT2D eigenvalue weighted by Crippen LogP contribution is -2.37. The van der Waals surface area contributed by atoms with Crippen molar-refractivity contribution >= 4 is 15.8 Å². The zero-order valence-corrected chi connectivity index (χ0v) is 11.4. The van der Waals surface area contributed by atoms with Gasteiger partial charge in [-0.3, -0.25) is 4.79 Å². The second kappa shape index (κ2) is 5.69. The van der Waals surface area contributed by atoms with Gasteiger partial charge >= 0.3 is 0 Å². The SMILES string of the molecule is N#Cc1cc(S(=O)(=O)NC2CCC(=O)CC2)ccc1F. The molecule has 1 aliphatic carbocycles. The summed E-state index contributed by atoms with van der Waals surface area (Å²) in [6, 6.07) is 4.39. The number of nitrogens with zero attached hydrogens (tertiary/aromatic N) is 1. The second-order valence-corrected chi connectivity index (χ2v) is 6.40.